The fourth-order valence-corrected chi connectivity index (χ4v) is 7.41. The molecule has 2 aliphatic carbocycles. The third-order valence-electron chi connectivity index (χ3n) is 11.2. The lowest BCUT2D eigenvalue weighted by Crippen LogP contribution is -2.34. The quantitative estimate of drug-likeness (QED) is 0.0666. The van der Waals surface area contributed by atoms with Crippen molar-refractivity contribution in [1.29, 1.82) is 0 Å². The zero-order chi connectivity index (χ0) is 53.8. The van der Waals surface area contributed by atoms with E-state index in [4.69, 9.17) is 25.9 Å². The van der Waals surface area contributed by atoms with E-state index in [-0.39, 0.29) is 34.5 Å². The minimum atomic E-state index is -6.09. The molecule has 0 fully saturated rings. The van der Waals surface area contributed by atoms with Gasteiger partial charge in [0.1, 0.15) is 24.8 Å². The highest BCUT2D eigenvalue weighted by atomic mass is 32.2. The SMILES string of the molecule is CC1=C(/C=C/C(C)=C/C=C/C(C)=C/C=C/C=C(C)/C=C/C=C(C)/C=C/C2=C(C)C(=O)C(n3cc[n+](C)c3)CC2(C)C)C(C)(C)CC(n2cc[n+](C)c2)C1=O.O=S(=O)([O-])C(F)(F)F.O=S(=O)([O-])C(F)(F)F. The number of aryl methyl sites for hydroxylation is 2. The Hall–Kier alpha value is -5.70. The van der Waals surface area contributed by atoms with Crippen LogP contribution in [0.1, 0.15) is 94.2 Å². The molecule has 0 aromatic carbocycles. The van der Waals surface area contributed by atoms with Crippen LogP contribution in [-0.4, -0.2) is 57.7 Å². The highest BCUT2D eigenvalue weighted by molar-refractivity contribution is 7.86. The summed E-state index contributed by atoms with van der Waals surface area (Å²) in [6, 6.07) is -0.326. The molecule has 12 nitrogen and oxygen atoms in total. The minimum absolute atomic E-state index is 0.111. The molecule has 4 rings (SSSR count). The van der Waals surface area contributed by atoms with E-state index in [1.54, 1.807) is 0 Å². The van der Waals surface area contributed by atoms with Crippen molar-refractivity contribution in [3.63, 3.8) is 0 Å². The van der Waals surface area contributed by atoms with Gasteiger partial charge < -0.3 is 9.11 Å². The van der Waals surface area contributed by atoms with E-state index in [0.717, 1.165) is 57.4 Å². The summed E-state index contributed by atoms with van der Waals surface area (Å²) in [6.45, 7) is 21.2. The number of Topliss-reactive ketones (excluding diaryl/α,β-unsaturated/α-hetero) is 2. The fraction of sp³-hybridized carbons (Fsp3) is 0.400. The van der Waals surface area contributed by atoms with Gasteiger partial charge in [0.25, 0.3) is 0 Å². The molecule has 0 N–H and O–H groups in total. The number of halogens is 6. The van der Waals surface area contributed by atoms with Crippen molar-refractivity contribution in [3.8, 4) is 0 Å². The van der Waals surface area contributed by atoms with Gasteiger partial charge in [0, 0.05) is 24.0 Å². The highest BCUT2D eigenvalue weighted by Gasteiger charge is 2.42. The molecule has 2 aromatic rings. The van der Waals surface area contributed by atoms with Gasteiger partial charge >= 0.3 is 11.0 Å². The van der Waals surface area contributed by atoms with Crippen molar-refractivity contribution in [2.24, 2.45) is 24.9 Å². The smallest absolute Gasteiger partial charge is 0.485 e. The summed E-state index contributed by atoms with van der Waals surface area (Å²) in [5.41, 5.74) is -3.05. The number of hydrogen-bond acceptors (Lipinski definition) is 8. The number of aromatic nitrogens is 4. The van der Waals surface area contributed by atoms with Crippen LogP contribution in [0, 0.1) is 10.8 Å². The maximum absolute atomic E-state index is 13.3. The molecule has 0 bridgehead atoms. The summed E-state index contributed by atoms with van der Waals surface area (Å²) in [7, 11) is -8.22. The van der Waals surface area contributed by atoms with Crippen molar-refractivity contribution < 1.29 is 71.0 Å². The third kappa shape index (κ3) is 18.2. The Morgan fingerprint density at radius 1 is 0.586 bits per heavy atom. The van der Waals surface area contributed by atoms with E-state index < -0.39 is 31.3 Å². The Morgan fingerprint density at radius 3 is 1.11 bits per heavy atom. The average Bonchev–Trinajstić information content (AvgIpc) is 3.85. The summed E-state index contributed by atoms with van der Waals surface area (Å²) in [4.78, 5) is 26.6. The predicted molar refractivity (Wildman–Crippen MR) is 254 cm³/mol. The molecule has 0 radical (unpaired) electrons. The molecule has 0 saturated heterocycles. The summed E-state index contributed by atoms with van der Waals surface area (Å²) >= 11 is 0. The Kier molecular flexibility index (Phi) is 21.1. The minimum Gasteiger partial charge on any atom is -0.741 e. The van der Waals surface area contributed by atoms with Crippen molar-refractivity contribution >= 4 is 31.8 Å². The lowest BCUT2D eigenvalue weighted by atomic mass is 9.70. The fourth-order valence-electron chi connectivity index (χ4n) is 7.41. The summed E-state index contributed by atoms with van der Waals surface area (Å²) in [6.07, 6.45) is 42.7. The predicted octanol–water partition coefficient (Wildman–Crippen LogP) is 10.0. The topological polar surface area (TPSA) is 166 Å². The van der Waals surface area contributed by atoms with Crippen LogP contribution in [-0.2, 0) is 43.9 Å². The Bertz CT molecular complexity index is 2630. The zero-order valence-corrected chi connectivity index (χ0v) is 42.9. The molecule has 70 heavy (non-hydrogen) atoms. The van der Waals surface area contributed by atoms with Crippen LogP contribution in [0.2, 0.25) is 0 Å². The van der Waals surface area contributed by atoms with Crippen LogP contribution in [0.15, 0.2) is 167 Å². The highest BCUT2D eigenvalue weighted by Crippen LogP contribution is 2.45. The van der Waals surface area contributed by atoms with Gasteiger partial charge in [0.2, 0.25) is 24.2 Å². The monoisotopic (exact) mass is 1020 g/mol. The molecular weight excluding hydrogens is 963 g/mol. The molecule has 2 aliphatic rings. The van der Waals surface area contributed by atoms with Crippen LogP contribution in [0.5, 0.6) is 0 Å². The first-order valence-corrected chi connectivity index (χ1v) is 24.4. The van der Waals surface area contributed by atoms with Gasteiger partial charge in [0.05, 0.1) is 14.1 Å². The van der Waals surface area contributed by atoms with Gasteiger partial charge in [-0.3, -0.25) is 9.59 Å². The molecule has 0 amide bonds. The van der Waals surface area contributed by atoms with E-state index in [0.29, 0.717) is 0 Å². The third-order valence-corrected chi connectivity index (χ3v) is 12.3. The summed E-state index contributed by atoms with van der Waals surface area (Å²) in [5, 5.41) is 0. The second-order valence-corrected chi connectivity index (χ2v) is 21.0. The molecule has 2 aromatic heterocycles. The number of ketones is 2. The molecule has 384 valence electrons. The normalized spacial score (nSPS) is 20.3. The van der Waals surface area contributed by atoms with Gasteiger partial charge in [0.15, 0.2) is 32.3 Å². The van der Waals surface area contributed by atoms with Gasteiger partial charge in [-0.25, -0.2) is 35.1 Å². The van der Waals surface area contributed by atoms with Gasteiger partial charge in [-0.2, -0.15) is 26.3 Å². The van der Waals surface area contributed by atoms with Crippen LogP contribution >= 0.6 is 0 Å². The second-order valence-electron chi connectivity index (χ2n) is 18.3. The molecule has 20 heteroatoms. The van der Waals surface area contributed by atoms with Crippen LogP contribution in [0.4, 0.5) is 26.3 Å². The van der Waals surface area contributed by atoms with E-state index >= 15 is 0 Å². The van der Waals surface area contributed by atoms with Crippen molar-refractivity contribution in [1.82, 2.24) is 9.13 Å². The number of allylic oxidation sites excluding steroid dienone is 22. The molecule has 2 heterocycles. The van der Waals surface area contributed by atoms with Crippen molar-refractivity contribution in [2.75, 3.05) is 0 Å². The van der Waals surface area contributed by atoms with Gasteiger partial charge in [-0.15, -0.1) is 0 Å². The van der Waals surface area contributed by atoms with E-state index in [2.05, 4.69) is 140 Å². The van der Waals surface area contributed by atoms with Crippen LogP contribution in [0.25, 0.3) is 0 Å². The summed E-state index contributed by atoms with van der Waals surface area (Å²) < 4.78 is 126. The number of carbonyl (C=O) groups is 2. The number of rotatable bonds is 12. The van der Waals surface area contributed by atoms with Crippen LogP contribution in [0.3, 0.4) is 0 Å². The first-order valence-electron chi connectivity index (χ1n) is 21.6. The van der Waals surface area contributed by atoms with E-state index in [1.165, 1.54) is 0 Å². The zero-order valence-electron chi connectivity index (χ0n) is 41.3. The van der Waals surface area contributed by atoms with Gasteiger partial charge in [-0.05, 0) is 63.5 Å². The molecule has 2 atom stereocenters. The molecule has 0 saturated carbocycles. The first kappa shape index (κ1) is 60.4. The largest absolute Gasteiger partial charge is 0.741 e. The lowest BCUT2D eigenvalue weighted by molar-refractivity contribution is -0.671. The maximum atomic E-state index is 13.3. The number of imidazole rings is 2. The molecule has 2 unspecified atom stereocenters. The Labute approximate surface area is 407 Å². The van der Waals surface area contributed by atoms with E-state index in [1.807, 2.05) is 83.7 Å². The number of alkyl halides is 6. The van der Waals surface area contributed by atoms with Crippen molar-refractivity contribution in [2.45, 2.75) is 105 Å². The Morgan fingerprint density at radius 2 is 0.857 bits per heavy atom. The maximum Gasteiger partial charge on any atom is 0.485 e. The molecule has 0 spiro atoms. The molecule has 0 aliphatic heterocycles. The molecular formula is C50H62F6N4O8S2. The number of carbonyl (C=O) groups excluding carboxylic acids is 2. The number of hydrogen-bond donors (Lipinski definition) is 0. The summed E-state index contributed by atoms with van der Waals surface area (Å²) in [5.74, 6) is 0.392. The number of nitrogens with zero attached hydrogens (tertiary/aromatic N) is 4. The Balaban J connectivity index is 0.000000897. The van der Waals surface area contributed by atoms with E-state index in [9.17, 15) is 35.9 Å². The second kappa shape index (κ2) is 24.4. The van der Waals surface area contributed by atoms with Crippen molar-refractivity contribution in [3.05, 3.63) is 167 Å². The van der Waals surface area contributed by atoms with Gasteiger partial charge in [-0.1, -0.05) is 135 Å². The van der Waals surface area contributed by atoms with Crippen LogP contribution < -0.4 is 9.13 Å². The lowest BCUT2D eigenvalue weighted by Gasteiger charge is -2.35. The standard InChI is InChI=1S/C48H62N4O2.2CHF3O3S/c1-35(19-15-21-37(3)23-25-41-39(5)45(53)43(31-47(41,7)8)51-29-27-49(11)33-51)17-13-14-18-36(2)20-16-22-38(4)24-26-42-40(6)46(54)44(32-48(42,9)10)52-30-28-50(12)34-52;2*2-1(3,4)8(5,6)7/h13-30,33-34,43-44H,31-32H2,1-12H3;2*(H,5,6,7)/q+2;;/p-2/b14-13+,19-15+,20-16+,25-23+,26-24+,35-17+,36-18+,37-21+,38-22+;;. The average molecular weight is 1030 g/mol. The first-order chi connectivity index (χ1) is 31.9.